The molecular formula is C30H22F6N2O5. The summed E-state index contributed by atoms with van der Waals surface area (Å²) in [7, 11) is 0. The Labute approximate surface area is 239 Å². The molecule has 0 spiro atoms. The fourth-order valence-corrected chi connectivity index (χ4v) is 6.25. The van der Waals surface area contributed by atoms with Gasteiger partial charge < -0.3 is 24.8 Å². The maximum absolute atomic E-state index is 13.3. The number of benzene rings is 3. The van der Waals surface area contributed by atoms with Crippen LogP contribution in [0.4, 0.5) is 32.0 Å². The van der Waals surface area contributed by atoms with Crippen LogP contribution >= 0.6 is 0 Å². The topological polar surface area (TPSA) is 88.4 Å². The lowest BCUT2D eigenvalue weighted by molar-refractivity contribution is -0.143. The van der Waals surface area contributed by atoms with Crippen molar-refractivity contribution in [3.8, 4) is 23.2 Å². The number of hydrogen-bond donors (Lipinski definition) is 3. The normalized spacial score (nSPS) is 23.0. The third kappa shape index (κ3) is 4.27. The number of rotatable bonds is 5. The molecule has 6 rings (SSSR count). The molecular weight excluding hydrogens is 582 g/mol. The number of alkyl halides is 6. The first-order valence-electron chi connectivity index (χ1n) is 13.0. The van der Waals surface area contributed by atoms with E-state index in [9.17, 15) is 41.7 Å². The molecule has 2 aliphatic heterocycles. The maximum Gasteiger partial charge on any atom is 0.416 e. The smallest absolute Gasteiger partial charge is 0.416 e. The monoisotopic (exact) mass is 604 g/mol. The molecule has 3 heterocycles. The van der Waals surface area contributed by atoms with Crippen LogP contribution in [0.2, 0.25) is 0 Å². The fourth-order valence-electron chi connectivity index (χ4n) is 6.25. The molecule has 0 radical (unpaired) electrons. The van der Waals surface area contributed by atoms with E-state index in [-0.39, 0.29) is 30.0 Å². The van der Waals surface area contributed by atoms with Crippen LogP contribution in [-0.4, -0.2) is 32.6 Å². The highest BCUT2D eigenvalue weighted by Gasteiger charge is 2.66. The van der Waals surface area contributed by atoms with Crippen LogP contribution in [-0.2, 0) is 28.3 Å². The van der Waals surface area contributed by atoms with Gasteiger partial charge in [0.15, 0.2) is 5.69 Å². The molecule has 224 valence electrons. The maximum atomic E-state index is 13.3. The van der Waals surface area contributed by atoms with E-state index in [2.05, 4.69) is 4.85 Å². The van der Waals surface area contributed by atoms with Gasteiger partial charge in [-0.3, -0.25) is 4.57 Å². The van der Waals surface area contributed by atoms with Gasteiger partial charge in [0.1, 0.15) is 17.0 Å². The highest BCUT2D eigenvalue weighted by atomic mass is 19.4. The number of aliphatic hydroxyl groups is 1. The van der Waals surface area contributed by atoms with Gasteiger partial charge in [0, 0.05) is 12.8 Å². The van der Waals surface area contributed by atoms with E-state index < -0.39 is 64.9 Å². The largest absolute Gasteiger partial charge is 0.494 e. The first-order valence-corrected chi connectivity index (χ1v) is 13.0. The Morgan fingerprint density at radius 2 is 1.56 bits per heavy atom. The predicted molar refractivity (Wildman–Crippen MR) is 140 cm³/mol. The zero-order chi connectivity index (χ0) is 31.1. The van der Waals surface area contributed by atoms with E-state index in [1.165, 1.54) is 13.0 Å². The van der Waals surface area contributed by atoms with Crippen molar-refractivity contribution in [3.63, 3.8) is 0 Å². The van der Waals surface area contributed by atoms with E-state index in [1.807, 2.05) is 0 Å². The first-order chi connectivity index (χ1) is 20.1. The summed E-state index contributed by atoms with van der Waals surface area (Å²) < 4.78 is 92.5. The average Bonchev–Trinajstić information content (AvgIpc) is 3.47. The SMILES string of the molecule is [C-]#[N+]c1ccc(-n2c(O)c3c(c2O)C2(C)OC3(CCOc3cc(C(F)(F)F)cc(C(F)(F)F)c3)C[C@H]2O)c2ccccc12. The summed E-state index contributed by atoms with van der Waals surface area (Å²) in [6.07, 6.45) is -11.6. The molecule has 0 amide bonds. The zero-order valence-corrected chi connectivity index (χ0v) is 22.2. The summed E-state index contributed by atoms with van der Waals surface area (Å²) in [5, 5.41) is 35.0. The first kappa shape index (κ1) is 28.7. The highest BCUT2D eigenvalue weighted by Crippen LogP contribution is 2.65. The van der Waals surface area contributed by atoms with Gasteiger partial charge in [-0.2, -0.15) is 26.3 Å². The summed E-state index contributed by atoms with van der Waals surface area (Å²) in [5.41, 5.74) is -5.14. The highest BCUT2D eigenvalue weighted by molar-refractivity contribution is 6.00. The Bertz CT molecular complexity index is 1790. The number of hydrogen-bond acceptors (Lipinski definition) is 5. The van der Waals surface area contributed by atoms with Crippen molar-refractivity contribution in [1.29, 1.82) is 0 Å². The molecule has 1 saturated heterocycles. The fraction of sp³-hybridized carbons (Fsp3) is 0.300. The standard InChI is InChI=1S/C30H22F6N2O5/c1-27-22(39)14-28(43-27,9-10-42-17-12-15(29(31,32)33)11-16(13-17)30(34,35)36)24-23(27)25(40)38(26(24)41)21-8-7-20(37-2)18-5-3-4-6-19(18)21/h3-8,11-13,22,39-41H,9-10,14H2,1H3/t22-,27?,28?/m1/s1. The van der Waals surface area contributed by atoms with Crippen molar-refractivity contribution in [2.75, 3.05) is 6.61 Å². The van der Waals surface area contributed by atoms with Crippen LogP contribution in [0.15, 0.2) is 54.6 Å². The second-order valence-corrected chi connectivity index (χ2v) is 10.8. The van der Waals surface area contributed by atoms with Gasteiger partial charge in [0.25, 0.3) is 0 Å². The summed E-state index contributed by atoms with van der Waals surface area (Å²) in [6.45, 7) is 8.52. The van der Waals surface area contributed by atoms with Gasteiger partial charge in [-0.25, -0.2) is 4.85 Å². The molecule has 2 unspecified atom stereocenters. The number of aliphatic hydroxyl groups excluding tert-OH is 1. The second-order valence-electron chi connectivity index (χ2n) is 10.8. The molecule has 43 heavy (non-hydrogen) atoms. The lowest BCUT2D eigenvalue weighted by atomic mass is 9.76. The third-order valence-electron chi connectivity index (χ3n) is 8.21. The lowest BCUT2D eigenvalue weighted by Crippen LogP contribution is -2.33. The van der Waals surface area contributed by atoms with Crippen molar-refractivity contribution in [2.24, 2.45) is 0 Å². The van der Waals surface area contributed by atoms with Gasteiger partial charge in [-0.1, -0.05) is 30.3 Å². The van der Waals surface area contributed by atoms with Gasteiger partial charge in [-0.05, 0) is 42.0 Å². The van der Waals surface area contributed by atoms with E-state index in [4.69, 9.17) is 16.0 Å². The number of halogens is 6. The van der Waals surface area contributed by atoms with Crippen LogP contribution in [0.1, 0.15) is 42.0 Å². The van der Waals surface area contributed by atoms with Gasteiger partial charge in [-0.15, -0.1) is 0 Å². The molecule has 0 aliphatic carbocycles. The number of aromatic nitrogens is 1. The number of aromatic hydroxyl groups is 2. The molecule has 7 nitrogen and oxygen atoms in total. The predicted octanol–water partition coefficient (Wildman–Crippen LogP) is 7.30. The van der Waals surface area contributed by atoms with Gasteiger partial charge >= 0.3 is 12.4 Å². The molecule has 3 aromatic carbocycles. The molecule has 3 atom stereocenters. The Morgan fingerprint density at radius 1 is 0.953 bits per heavy atom. The van der Waals surface area contributed by atoms with Crippen molar-refractivity contribution in [3.05, 3.63) is 88.3 Å². The minimum atomic E-state index is -5.05. The third-order valence-corrected chi connectivity index (χ3v) is 8.21. The summed E-state index contributed by atoms with van der Waals surface area (Å²) in [6, 6.07) is 10.9. The molecule has 0 saturated carbocycles. The molecule has 2 bridgehead atoms. The van der Waals surface area contributed by atoms with E-state index in [0.717, 1.165) is 4.57 Å². The number of fused-ring (bicyclic) bond motifs is 6. The minimum Gasteiger partial charge on any atom is -0.494 e. The van der Waals surface area contributed by atoms with Gasteiger partial charge in [0.2, 0.25) is 11.8 Å². The van der Waals surface area contributed by atoms with Crippen molar-refractivity contribution in [2.45, 2.75) is 49.4 Å². The van der Waals surface area contributed by atoms with Crippen LogP contribution in [0.25, 0.3) is 21.3 Å². The minimum absolute atomic E-state index is 0.00537. The summed E-state index contributed by atoms with van der Waals surface area (Å²) in [5.74, 6) is -1.53. The molecule has 1 aromatic heterocycles. The van der Waals surface area contributed by atoms with Crippen molar-refractivity contribution < 1.29 is 51.1 Å². The van der Waals surface area contributed by atoms with Crippen LogP contribution in [0, 0.1) is 6.57 Å². The Kier molecular flexibility index (Phi) is 6.20. The lowest BCUT2D eigenvalue weighted by Gasteiger charge is -2.27. The van der Waals surface area contributed by atoms with E-state index in [1.54, 1.807) is 30.3 Å². The molecule has 3 N–H and O–H groups in total. The van der Waals surface area contributed by atoms with Crippen LogP contribution < -0.4 is 4.74 Å². The van der Waals surface area contributed by atoms with Crippen molar-refractivity contribution in [1.82, 2.24) is 4.57 Å². The second kappa shape index (κ2) is 9.29. The Balaban J connectivity index is 1.39. The summed E-state index contributed by atoms with van der Waals surface area (Å²) in [4.78, 5) is 3.51. The Morgan fingerprint density at radius 3 is 2.16 bits per heavy atom. The molecule has 2 aliphatic rings. The Hall–Kier alpha value is -4.41. The number of nitrogens with zero attached hydrogens (tertiary/aromatic N) is 2. The average molecular weight is 605 g/mol. The quantitative estimate of drug-likeness (QED) is 0.164. The van der Waals surface area contributed by atoms with Gasteiger partial charge in [0.05, 0.1) is 47.2 Å². The molecule has 13 heteroatoms. The summed E-state index contributed by atoms with van der Waals surface area (Å²) >= 11 is 0. The van der Waals surface area contributed by atoms with E-state index >= 15 is 0 Å². The van der Waals surface area contributed by atoms with Crippen LogP contribution in [0.3, 0.4) is 0 Å². The zero-order valence-electron chi connectivity index (χ0n) is 22.2. The number of ether oxygens (including phenoxy) is 2. The molecule has 1 fully saturated rings. The molecule has 4 aromatic rings. The van der Waals surface area contributed by atoms with Crippen molar-refractivity contribution >= 4 is 16.5 Å². The van der Waals surface area contributed by atoms with E-state index in [0.29, 0.717) is 34.3 Å². The van der Waals surface area contributed by atoms with Crippen LogP contribution in [0.5, 0.6) is 17.5 Å².